The third kappa shape index (κ3) is 3.94. The smallest absolute Gasteiger partial charge is 0.139 e. The lowest BCUT2D eigenvalue weighted by Crippen LogP contribution is -2.07. The van der Waals surface area contributed by atoms with E-state index < -0.39 is 0 Å². The van der Waals surface area contributed by atoms with Gasteiger partial charge in [0.25, 0.3) is 0 Å². The van der Waals surface area contributed by atoms with E-state index in [0.29, 0.717) is 0 Å². The van der Waals surface area contributed by atoms with Crippen LogP contribution in [-0.2, 0) is 6.42 Å². The average Bonchev–Trinajstić information content (AvgIpc) is 2.46. The molecule has 0 radical (unpaired) electrons. The number of nitrogens with one attached hydrogen (secondary N) is 2. The summed E-state index contributed by atoms with van der Waals surface area (Å²) in [4.78, 5) is 8.95. The molecule has 1 aromatic carbocycles. The standard InChI is InChI=1S/C17H24N4/c1-5-7-14-8-10-15(11-9-14)21-17-12(3)16(18-6-2)19-13(4)20-17/h8-11H,5-7H2,1-4H3,(H2,18,19,20,21). The first kappa shape index (κ1) is 15.3. The van der Waals surface area contributed by atoms with E-state index in [1.54, 1.807) is 0 Å². The number of hydrogen-bond donors (Lipinski definition) is 2. The molecule has 1 aromatic heterocycles. The van der Waals surface area contributed by atoms with Crippen molar-refractivity contribution in [3.05, 3.63) is 41.2 Å². The second-order valence-corrected chi connectivity index (χ2v) is 5.20. The minimum absolute atomic E-state index is 0.765. The summed E-state index contributed by atoms with van der Waals surface area (Å²) in [6, 6.07) is 8.55. The molecule has 21 heavy (non-hydrogen) atoms. The summed E-state index contributed by atoms with van der Waals surface area (Å²) in [7, 11) is 0. The fourth-order valence-corrected chi connectivity index (χ4v) is 2.27. The summed E-state index contributed by atoms with van der Waals surface area (Å²) in [5, 5.41) is 6.67. The minimum atomic E-state index is 0.765. The zero-order valence-corrected chi connectivity index (χ0v) is 13.3. The van der Waals surface area contributed by atoms with Gasteiger partial charge in [-0.1, -0.05) is 25.5 Å². The molecule has 0 aliphatic carbocycles. The van der Waals surface area contributed by atoms with Gasteiger partial charge in [0.1, 0.15) is 17.5 Å². The van der Waals surface area contributed by atoms with Crippen LogP contribution < -0.4 is 10.6 Å². The van der Waals surface area contributed by atoms with Crippen LogP contribution in [0.2, 0.25) is 0 Å². The molecule has 4 nitrogen and oxygen atoms in total. The van der Waals surface area contributed by atoms with E-state index in [0.717, 1.165) is 41.7 Å². The molecular formula is C17H24N4. The van der Waals surface area contributed by atoms with Crippen LogP contribution in [0.1, 0.15) is 37.2 Å². The van der Waals surface area contributed by atoms with Crippen molar-refractivity contribution in [1.82, 2.24) is 9.97 Å². The monoisotopic (exact) mass is 284 g/mol. The Labute approximate surface area is 127 Å². The predicted molar refractivity (Wildman–Crippen MR) is 89.4 cm³/mol. The fraction of sp³-hybridized carbons (Fsp3) is 0.412. The van der Waals surface area contributed by atoms with E-state index >= 15 is 0 Å². The Bertz CT molecular complexity index is 590. The van der Waals surface area contributed by atoms with Crippen LogP contribution >= 0.6 is 0 Å². The molecule has 0 amide bonds. The van der Waals surface area contributed by atoms with Crippen molar-refractivity contribution < 1.29 is 0 Å². The second-order valence-electron chi connectivity index (χ2n) is 5.20. The van der Waals surface area contributed by atoms with E-state index in [4.69, 9.17) is 0 Å². The second kappa shape index (κ2) is 7.07. The van der Waals surface area contributed by atoms with Gasteiger partial charge in [0, 0.05) is 17.8 Å². The predicted octanol–water partition coefficient (Wildman–Crippen LogP) is 4.22. The van der Waals surface area contributed by atoms with Crippen molar-refractivity contribution in [1.29, 1.82) is 0 Å². The first-order valence-corrected chi connectivity index (χ1v) is 7.59. The average molecular weight is 284 g/mol. The molecule has 4 heteroatoms. The lowest BCUT2D eigenvalue weighted by atomic mass is 10.1. The first-order valence-electron chi connectivity index (χ1n) is 7.59. The Morgan fingerprint density at radius 3 is 2.24 bits per heavy atom. The van der Waals surface area contributed by atoms with Gasteiger partial charge in [-0.3, -0.25) is 0 Å². The quantitative estimate of drug-likeness (QED) is 0.833. The summed E-state index contributed by atoms with van der Waals surface area (Å²) >= 11 is 0. The maximum absolute atomic E-state index is 4.51. The lowest BCUT2D eigenvalue weighted by Gasteiger charge is -2.13. The lowest BCUT2D eigenvalue weighted by molar-refractivity contribution is 0.922. The molecule has 0 saturated carbocycles. The highest BCUT2D eigenvalue weighted by Gasteiger charge is 2.08. The molecule has 2 rings (SSSR count). The van der Waals surface area contributed by atoms with E-state index in [1.165, 1.54) is 12.0 Å². The topological polar surface area (TPSA) is 49.8 Å². The molecule has 0 atom stereocenters. The number of anilines is 3. The summed E-state index contributed by atoms with van der Waals surface area (Å²) in [5.41, 5.74) is 3.46. The van der Waals surface area contributed by atoms with Crippen molar-refractivity contribution in [2.24, 2.45) is 0 Å². The highest BCUT2D eigenvalue weighted by molar-refractivity contribution is 5.64. The van der Waals surface area contributed by atoms with Gasteiger partial charge in [0.05, 0.1) is 0 Å². The van der Waals surface area contributed by atoms with E-state index in [-0.39, 0.29) is 0 Å². The van der Waals surface area contributed by atoms with Gasteiger partial charge in [-0.2, -0.15) is 0 Å². The van der Waals surface area contributed by atoms with Crippen molar-refractivity contribution in [3.63, 3.8) is 0 Å². The third-order valence-electron chi connectivity index (χ3n) is 3.36. The van der Waals surface area contributed by atoms with Gasteiger partial charge in [-0.25, -0.2) is 9.97 Å². The normalized spacial score (nSPS) is 10.5. The van der Waals surface area contributed by atoms with Crippen molar-refractivity contribution in [2.45, 2.75) is 40.5 Å². The van der Waals surface area contributed by atoms with Gasteiger partial charge < -0.3 is 10.6 Å². The first-order chi connectivity index (χ1) is 10.1. The number of rotatable bonds is 6. The maximum atomic E-state index is 4.51. The van der Waals surface area contributed by atoms with Crippen LogP contribution in [0.5, 0.6) is 0 Å². The highest BCUT2D eigenvalue weighted by atomic mass is 15.1. The van der Waals surface area contributed by atoms with E-state index in [2.05, 4.69) is 58.7 Å². The zero-order chi connectivity index (χ0) is 15.2. The molecule has 2 N–H and O–H groups in total. The molecule has 0 unspecified atom stereocenters. The molecule has 0 spiro atoms. The van der Waals surface area contributed by atoms with Crippen LogP contribution in [0, 0.1) is 13.8 Å². The van der Waals surface area contributed by atoms with Crippen LogP contribution in [0.25, 0.3) is 0 Å². The summed E-state index contributed by atoms with van der Waals surface area (Å²) < 4.78 is 0. The molecule has 0 saturated heterocycles. The van der Waals surface area contributed by atoms with Gasteiger partial charge >= 0.3 is 0 Å². The molecule has 112 valence electrons. The van der Waals surface area contributed by atoms with Gasteiger partial charge in [0.15, 0.2) is 0 Å². The SMILES string of the molecule is CCCc1ccc(Nc2nc(C)nc(NCC)c2C)cc1. The number of benzene rings is 1. The number of aromatic nitrogens is 2. The van der Waals surface area contributed by atoms with Crippen molar-refractivity contribution >= 4 is 17.3 Å². The molecular weight excluding hydrogens is 260 g/mol. The largest absolute Gasteiger partial charge is 0.370 e. The summed E-state index contributed by atoms with van der Waals surface area (Å²) in [5.74, 6) is 2.53. The Balaban J connectivity index is 2.22. The molecule has 1 heterocycles. The van der Waals surface area contributed by atoms with Gasteiger partial charge in [-0.15, -0.1) is 0 Å². The Morgan fingerprint density at radius 2 is 1.62 bits per heavy atom. The Hall–Kier alpha value is -2.10. The minimum Gasteiger partial charge on any atom is -0.370 e. The third-order valence-corrected chi connectivity index (χ3v) is 3.36. The number of hydrogen-bond acceptors (Lipinski definition) is 4. The van der Waals surface area contributed by atoms with Crippen LogP contribution in [0.4, 0.5) is 17.3 Å². The fourth-order valence-electron chi connectivity index (χ4n) is 2.27. The van der Waals surface area contributed by atoms with Crippen LogP contribution in [-0.4, -0.2) is 16.5 Å². The Kier molecular flexibility index (Phi) is 5.14. The van der Waals surface area contributed by atoms with Crippen LogP contribution in [0.3, 0.4) is 0 Å². The number of nitrogens with zero attached hydrogens (tertiary/aromatic N) is 2. The summed E-state index contributed by atoms with van der Waals surface area (Å²) in [6.07, 6.45) is 2.29. The van der Waals surface area contributed by atoms with Gasteiger partial charge in [-0.05, 0) is 44.9 Å². The highest BCUT2D eigenvalue weighted by Crippen LogP contribution is 2.23. The molecule has 2 aromatic rings. The maximum Gasteiger partial charge on any atom is 0.139 e. The molecule has 0 bridgehead atoms. The number of aryl methyl sites for hydroxylation is 2. The van der Waals surface area contributed by atoms with Crippen molar-refractivity contribution in [2.75, 3.05) is 17.2 Å². The zero-order valence-electron chi connectivity index (χ0n) is 13.3. The summed E-state index contributed by atoms with van der Waals surface area (Å²) in [6.45, 7) is 9.06. The Morgan fingerprint density at radius 1 is 0.952 bits per heavy atom. The molecule has 0 fully saturated rings. The van der Waals surface area contributed by atoms with E-state index in [1.807, 2.05) is 13.8 Å². The van der Waals surface area contributed by atoms with E-state index in [9.17, 15) is 0 Å². The molecule has 0 aliphatic rings. The van der Waals surface area contributed by atoms with Gasteiger partial charge in [0.2, 0.25) is 0 Å². The van der Waals surface area contributed by atoms with Crippen molar-refractivity contribution in [3.8, 4) is 0 Å². The van der Waals surface area contributed by atoms with Crippen LogP contribution in [0.15, 0.2) is 24.3 Å². The molecule has 0 aliphatic heterocycles.